The number of esters is 2. The van der Waals surface area contributed by atoms with Crippen LogP contribution in [0.15, 0.2) is 4.99 Å². The molecule has 0 aromatic carbocycles. The molecule has 16 heteroatoms. The van der Waals surface area contributed by atoms with Crippen LogP contribution in [0.4, 0.5) is 4.79 Å². The molecule has 16 nitrogen and oxygen atoms in total. The Kier molecular flexibility index (Phi) is 14.9. The van der Waals surface area contributed by atoms with Crippen LogP contribution in [0.5, 0.6) is 0 Å². The second-order valence-electron chi connectivity index (χ2n) is 11.7. The third-order valence-electron chi connectivity index (χ3n) is 8.08. The van der Waals surface area contributed by atoms with Crippen molar-refractivity contribution >= 4 is 29.9 Å². The fourth-order valence-corrected chi connectivity index (χ4v) is 5.62. The monoisotopic (exact) mass is 651 g/mol. The van der Waals surface area contributed by atoms with Crippen LogP contribution >= 0.6 is 0 Å². The Balaban J connectivity index is 1.81. The summed E-state index contributed by atoms with van der Waals surface area (Å²) in [6.45, 7) is 9.18. The van der Waals surface area contributed by atoms with Crippen molar-refractivity contribution in [1.82, 2.24) is 25.3 Å². The highest BCUT2D eigenvalue weighted by Gasteiger charge is 2.54. The summed E-state index contributed by atoms with van der Waals surface area (Å²) in [5, 5.41) is 15.8. The Morgan fingerprint density at radius 3 is 2.04 bits per heavy atom. The van der Waals surface area contributed by atoms with Gasteiger partial charge in [-0.2, -0.15) is 5.26 Å². The molecule has 2 saturated heterocycles. The number of hydrogen-bond donors (Lipinski definition) is 2. The van der Waals surface area contributed by atoms with Crippen molar-refractivity contribution < 1.29 is 42.9 Å². The summed E-state index contributed by atoms with van der Waals surface area (Å²) >= 11 is 0. The number of nitrogens with zero attached hydrogens (tertiary/aromatic N) is 5. The number of amides is 2. The Morgan fingerprint density at radius 2 is 1.52 bits per heavy atom. The molecule has 3 rings (SSSR count). The first-order valence-corrected chi connectivity index (χ1v) is 16.0. The van der Waals surface area contributed by atoms with E-state index in [0.29, 0.717) is 52.6 Å². The molecular formula is C30H49N7O9. The Bertz CT molecular complexity index is 1070. The number of hydrogen-bond acceptors (Lipinski definition) is 13. The van der Waals surface area contributed by atoms with Gasteiger partial charge < -0.3 is 38.8 Å². The molecule has 0 aromatic rings. The van der Waals surface area contributed by atoms with E-state index in [1.165, 1.54) is 0 Å². The van der Waals surface area contributed by atoms with Crippen LogP contribution in [0.1, 0.15) is 33.1 Å². The van der Waals surface area contributed by atoms with E-state index in [9.17, 15) is 24.4 Å². The number of rotatable bonds is 13. The largest absolute Gasteiger partial charge is 0.466 e. The molecule has 0 spiro atoms. The van der Waals surface area contributed by atoms with Crippen LogP contribution in [0.2, 0.25) is 0 Å². The molecule has 0 aromatic heterocycles. The standard InChI is InChI=1S/C30H49N7O9/c1-5-44-26(39)22-19-30(21-31,20-23(22)27(40)45-6-2)34-25(38)24(7-8-35(3)4)32-28(37-12-16-43-17-13-37)33-29(41)46-18-11-36-9-14-42-15-10-36/h22-24H,5-20H2,1-4H3,(H,34,38)(H,32,33,41). The molecular weight excluding hydrogens is 602 g/mol. The normalized spacial score (nSPS) is 24.5. The van der Waals surface area contributed by atoms with Crippen molar-refractivity contribution in [2.45, 2.75) is 44.7 Å². The predicted octanol–water partition coefficient (Wildman–Crippen LogP) is -0.416. The van der Waals surface area contributed by atoms with E-state index in [1.807, 2.05) is 23.9 Å². The average molecular weight is 652 g/mol. The van der Waals surface area contributed by atoms with E-state index in [-0.39, 0.29) is 45.0 Å². The molecule has 258 valence electrons. The number of ether oxygens (including phenoxy) is 5. The number of carbonyl (C=O) groups excluding carboxylic acids is 4. The summed E-state index contributed by atoms with van der Waals surface area (Å²) in [6.07, 6.45) is -0.689. The molecule has 2 heterocycles. The Labute approximate surface area is 270 Å². The summed E-state index contributed by atoms with van der Waals surface area (Å²) in [5.74, 6) is -3.59. The van der Waals surface area contributed by atoms with Gasteiger partial charge in [-0.3, -0.25) is 24.6 Å². The number of carbonyl (C=O) groups is 4. The van der Waals surface area contributed by atoms with E-state index in [4.69, 9.17) is 28.7 Å². The molecule has 1 aliphatic carbocycles. The molecule has 3 atom stereocenters. The molecule has 1 saturated carbocycles. The van der Waals surface area contributed by atoms with E-state index in [1.54, 1.807) is 13.8 Å². The minimum atomic E-state index is -1.54. The highest BCUT2D eigenvalue weighted by atomic mass is 16.6. The van der Waals surface area contributed by atoms with E-state index in [2.05, 4.69) is 21.6 Å². The zero-order valence-electron chi connectivity index (χ0n) is 27.5. The molecule has 0 bridgehead atoms. The Hall–Kier alpha value is -3.52. The first kappa shape index (κ1) is 36.9. The van der Waals surface area contributed by atoms with E-state index in [0.717, 1.165) is 13.1 Å². The van der Waals surface area contributed by atoms with Crippen molar-refractivity contribution in [3.8, 4) is 6.07 Å². The molecule has 2 aliphatic heterocycles. The fourth-order valence-electron chi connectivity index (χ4n) is 5.62. The summed E-state index contributed by atoms with van der Waals surface area (Å²) in [6, 6.07) is 1.12. The van der Waals surface area contributed by atoms with Crippen molar-refractivity contribution in [2.24, 2.45) is 16.8 Å². The van der Waals surface area contributed by atoms with Gasteiger partial charge in [0.15, 0.2) is 0 Å². The maximum Gasteiger partial charge on any atom is 0.414 e. The number of aliphatic imine (C=N–C) groups is 1. The van der Waals surface area contributed by atoms with Crippen LogP contribution in [0.3, 0.4) is 0 Å². The lowest BCUT2D eigenvalue weighted by molar-refractivity contribution is -0.158. The zero-order valence-corrected chi connectivity index (χ0v) is 27.5. The predicted molar refractivity (Wildman–Crippen MR) is 164 cm³/mol. The summed E-state index contributed by atoms with van der Waals surface area (Å²) in [7, 11) is 3.71. The second-order valence-corrected chi connectivity index (χ2v) is 11.7. The molecule has 3 aliphatic rings. The summed E-state index contributed by atoms with van der Waals surface area (Å²) < 4.78 is 26.6. The smallest absolute Gasteiger partial charge is 0.414 e. The third-order valence-corrected chi connectivity index (χ3v) is 8.08. The first-order valence-electron chi connectivity index (χ1n) is 16.0. The minimum Gasteiger partial charge on any atom is -0.466 e. The Morgan fingerprint density at radius 1 is 0.957 bits per heavy atom. The van der Waals surface area contributed by atoms with Gasteiger partial charge in [0.25, 0.3) is 0 Å². The summed E-state index contributed by atoms with van der Waals surface area (Å²) in [4.78, 5) is 62.9. The van der Waals surface area contributed by atoms with Gasteiger partial charge in [0, 0.05) is 39.3 Å². The number of alkyl carbamates (subject to hydrolysis) is 1. The number of guanidine groups is 1. The lowest BCUT2D eigenvalue weighted by Crippen LogP contribution is -2.53. The van der Waals surface area contributed by atoms with Crippen LogP contribution < -0.4 is 10.6 Å². The topological polar surface area (TPSA) is 184 Å². The first-order chi connectivity index (χ1) is 22.1. The molecule has 3 unspecified atom stereocenters. The number of morpholine rings is 2. The zero-order chi connectivity index (χ0) is 33.5. The van der Waals surface area contributed by atoms with Gasteiger partial charge >= 0.3 is 18.0 Å². The van der Waals surface area contributed by atoms with Crippen LogP contribution in [-0.2, 0) is 38.1 Å². The van der Waals surface area contributed by atoms with Crippen molar-refractivity contribution in [3.05, 3.63) is 0 Å². The van der Waals surface area contributed by atoms with Gasteiger partial charge in [-0.15, -0.1) is 0 Å². The highest BCUT2D eigenvalue weighted by molar-refractivity contribution is 5.96. The van der Waals surface area contributed by atoms with Gasteiger partial charge in [0.1, 0.15) is 18.2 Å². The lowest BCUT2D eigenvalue weighted by Gasteiger charge is -2.31. The van der Waals surface area contributed by atoms with Gasteiger partial charge in [-0.25, -0.2) is 9.79 Å². The number of nitriles is 1. The maximum absolute atomic E-state index is 13.9. The SMILES string of the molecule is CCOC(=O)C1CC(C#N)(NC(=O)C(CCN(C)C)N=C(NC(=O)OCCN2CCOCC2)N2CCOCC2)CC1C(=O)OCC. The van der Waals surface area contributed by atoms with Crippen LogP contribution in [-0.4, -0.2) is 156 Å². The molecule has 2 N–H and O–H groups in total. The van der Waals surface area contributed by atoms with Crippen molar-refractivity contribution in [2.75, 3.05) is 99.6 Å². The number of nitrogens with one attached hydrogen (secondary N) is 2. The van der Waals surface area contributed by atoms with Gasteiger partial charge in [-0.1, -0.05) is 0 Å². The summed E-state index contributed by atoms with van der Waals surface area (Å²) in [5.41, 5.74) is -1.54. The van der Waals surface area contributed by atoms with E-state index < -0.39 is 47.4 Å². The van der Waals surface area contributed by atoms with Crippen LogP contribution in [0.25, 0.3) is 0 Å². The van der Waals surface area contributed by atoms with Crippen LogP contribution in [0, 0.1) is 23.2 Å². The van der Waals surface area contributed by atoms with E-state index >= 15 is 0 Å². The van der Waals surface area contributed by atoms with Gasteiger partial charge in [0.2, 0.25) is 11.9 Å². The quantitative estimate of drug-likeness (QED) is 0.113. The van der Waals surface area contributed by atoms with Gasteiger partial charge in [0.05, 0.1) is 57.5 Å². The molecule has 2 amide bonds. The molecule has 3 fully saturated rings. The van der Waals surface area contributed by atoms with Gasteiger partial charge in [-0.05, 0) is 47.2 Å². The highest BCUT2D eigenvalue weighted by Crippen LogP contribution is 2.41. The molecule has 0 radical (unpaired) electrons. The molecule has 46 heavy (non-hydrogen) atoms. The third kappa shape index (κ3) is 11.1. The lowest BCUT2D eigenvalue weighted by atomic mass is 9.96. The van der Waals surface area contributed by atoms with Crippen molar-refractivity contribution in [3.63, 3.8) is 0 Å². The minimum absolute atomic E-state index is 0.102. The second kappa shape index (κ2) is 18.6. The fraction of sp³-hybridized carbons (Fsp3) is 0.800. The maximum atomic E-state index is 13.9. The average Bonchev–Trinajstić information content (AvgIpc) is 3.43. The van der Waals surface area contributed by atoms with Crippen molar-refractivity contribution in [1.29, 1.82) is 5.26 Å².